The second-order valence-electron chi connectivity index (χ2n) is 5.88. The lowest BCUT2D eigenvalue weighted by atomic mass is 10.1. The van der Waals surface area contributed by atoms with Crippen molar-refractivity contribution in [2.75, 3.05) is 23.4 Å². The van der Waals surface area contributed by atoms with E-state index in [1.165, 1.54) is 43.6 Å². The first-order chi connectivity index (χ1) is 10.8. The van der Waals surface area contributed by atoms with Gasteiger partial charge in [-0.05, 0) is 56.0 Å². The summed E-state index contributed by atoms with van der Waals surface area (Å²) in [5.74, 6) is 0. The SMILES string of the molecule is Cc1ccc(NN=Cc2ccc(N3CCCCC3)cc2)cc1. The number of nitrogens with one attached hydrogen (secondary N) is 1. The van der Waals surface area contributed by atoms with Gasteiger partial charge in [0.25, 0.3) is 0 Å². The van der Waals surface area contributed by atoms with Gasteiger partial charge in [-0.25, -0.2) is 0 Å². The van der Waals surface area contributed by atoms with E-state index in [4.69, 9.17) is 0 Å². The van der Waals surface area contributed by atoms with Gasteiger partial charge in [0.05, 0.1) is 11.9 Å². The highest BCUT2D eigenvalue weighted by molar-refractivity contribution is 5.81. The number of aryl methyl sites for hydroxylation is 1. The van der Waals surface area contributed by atoms with Crippen LogP contribution in [0.3, 0.4) is 0 Å². The fourth-order valence-corrected chi connectivity index (χ4v) is 2.73. The minimum Gasteiger partial charge on any atom is -0.372 e. The van der Waals surface area contributed by atoms with E-state index >= 15 is 0 Å². The van der Waals surface area contributed by atoms with E-state index in [9.17, 15) is 0 Å². The fourth-order valence-electron chi connectivity index (χ4n) is 2.73. The molecule has 0 spiro atoms. The number of hydrazone groups is 1. The lowest BCUT2D eigenvalue weighted by Crippen LogP contribution is -2.29. The van der Waals surface area contributed by atoms with Crippen molar-refractivity contribution >= 4 is 17.6 Å². The quantitative estimate of drug-likeness (QED) is 0.667. The molecule has 3 nitrogen and oxygen atoms in total. The molecule has 2 aromatic rings. The van der Waals surface area contributed by atoms with Crippen LogP contribution in [0.4, 0.5) is 11.4 Å². The van der Waals surface area contributed by atoms with E-state index in [2.05, 4.69) is 58.7 Å². The van der Waals surface area contributed by atoms with Gasteiger partial charge >= 0.3 is 0 Å². The Morgan fingerprint density at radius 2 is 1.59 bits per heavy atom. The summed E-state index contributed by atoms with van der Waals surface area (Å²) >= 11 is 0. The molecule has 1 saturated heterocycles. The summed E-state index contributed by atoms with van der Waals surface area (Å²) in [7, 11) is 0. The smallest absolute Gasteiger partial charge is 0.0561 e. The van der Waals surface area contributed by atoms with Crippen molar-refractivity contribution in [2.45, 2.75) is 26.2 Å². The zero-order valence-electron chi connectivity index (χ0n) is 13.1. The summed E-state index contributed by atoms with van der Waals surface area (Å²) in [6.07, 6.45) is 5.85. The van der Waals surface area contributed by atoms with Crippen molar-refractivity contribution in [1.82, 2.24) is 0 Å². The zero-order valence-corrected chi connectivity index (χ0v) is 13.1. The largest absolute Gasteiger partial charge is 0.372 e. The van der Waals surface area contributed by atoms with Gasteiger partial charge in [-0.2, -0.15) is 5.10 Å². The van der Waals surface area contributed by atoms with Crippen LogP contribution in [0.5, 0.6) is 0 Å². The molecular weight excluding hydrogens is 270 g/mol. The summed E-state index contributed by atoms with van der Waals surface area (Å²) < 4.78 is 0. The predicted octanol–water partition coefficient (Wildman–Crippen LogP) is 4.43. The molecule has 1 heterocycles. The molecule has 3 rings (SSSR count). The maximum Gasteiger partial charge on any atom is 0.0561 e. The molecule has 0 bridgehead atoms. The number of piperidine rings is 1. The third-order valence-corrected chi connectivity index (χ3v) is 4.07. The Balaban J connectivity index is 1.58. The van der Waals surface area contributed by atoms with Crippen molar-refractivity contribution in [3.63, 3.8) is 0 Å². The summed E-state index contributed by atoms with van der Waals surface area (Å²) in [5.41, 5.74) is 7.75. The molecule has 0 aliphatic carbocycles. The van der Waals surface area contributed by atoms with Gasteiger partial charge in [0.15, 0.2) is 0 Å². The van der Waals surface area contributed by atoms with Gasteiger partial charge in [0.2, 0.25) is 0 Å². The standard InChI is InChI=1S/C19H23N3/c1-16-5-9-18(10-6-16)21-20-15-17-7-11-19(12-8-17)22-13-3-2-4-14-22/h5-12,15,21H,2-4,13-14H2,1H3. The van der Waals surface area contributed by atoms with E-state index < -0.39 is 0 Å². The average molecular weight is 293 g/mol. The third kappa shape index (κ3) is 3.88. The molecule has 0 unspecified atom stereocenters. The minimum atomic E-state index is 1.01. The van der Waals surface area contributed by atoms with Gasteiger partial charge in [0, 0.05) is 18.8 Å². The molecule has 0 atom stereocenters. The van der Waals surface area contributed by atoms with Crippen LogP contribution in [0.1, 0.15) is 30.4 Å². The summed E-state index contributed by atoms with van der Waals surface area (Å²) in [6, 6.07) is 16.9. The number of hydrogen-bond donors (Lipinski definition) is 1. The van der Waals surface area contributed by atoms with Crippen molar-refractivity contribution in [3.8, 4) is 0 Å². The molecule has 1 N–H and O–H groups in total. The number of hydrogen-bond acceptors (Lipinski definition) is 3. The van der Waals surface area contributed by atoms with Crippen molar-refractivity contribution in [2.24, 2.45) is 5.10 Å². The first kappa shape index (κ1) is 14.6. The average Bonchev–Trinajstić information content (AvgIpc) is 2.58. The molecule has 114 valence electrons. The van der Waals surface area contributed by atoms with Crippen LogP contribution in [0.2, 0.25) is 0 Å². The highest BCUT2D eigenvalue weighted by atomic mass is 15.3. The maximum absolute atomic E-state index is 4.30. The lowest BCUT2D eigenvalue weighted by molar-refractivity contribution is 0.578. The van der Waals surface area contributed by atoms with Gasteiger partial charge in [0.1, 0.15) is 0 Å². The maximum atomic E-state index is 4.30. The lowest BCUT2D eigenvalue weighted by Gasteiger charge is -2.28. The fraction of sp³-hybridized carbons (Fsp3) is 0.316. The Morgan fingerprint density at radius 3 is 2.27 bits per heavy atom. The monoisotopic (exact) mass is 293 g/mol. The van der Waals surface area contributed by atoms with Crippen LogP contribution in [-0.2, 0) is 0 Å². The number of benzene rings is 2. The molecular formula is C19H23N3. The van der Waals surface area contributed by atoms with E-state index in [0.717, 1.165) is 11.3 Å². The van der Waals surface area contributed by atoms with Gasteiger partial charge in [-0.3, -0.25) is 5.43 Å². The Hall–Kier alpha value is -2.29. The van der Waals surface area contributed by atoms with E-state index in [-0.39, 0.29) is 0 Å². The van der Waals surface area contributed by atoms with Crippen LogP contribution in [-0.4, -0.2) is 19.3 Å². The van der Waals surface area contributed by atoms with Crippen molar-refractivity contribution in [1.29, 1.82) is 0 Å². The van der Waals surface area contributed by atoms with Crippen LogP contribution in [0, 0.1) is 6.92 Å². The van der Waals surface area contributed by atoms with E-state index in [0.29, 0.717) is 0 Å². The summed E-state index contributed by atoms with van der Waals surface area (Å²) in [6.45, 7) is 4.45. The second kappa shape index (κ2) is 7.12. The molecule has 2 aromatic carbocycles. The Morgan fingerprint density at radius 1 is 0.909 bits per heavy atom. The zero-order chi connectivity index (χ0) is 15.2. The molecule has 3 heteroatoms. The van der Waals surface area contributed by atoms with Gasteiger partial charge in [-0.15, -0.1) is 0 Å². The summed E-state index contributed by atoms with van der Waals surface area (Å²) in [4.78, 5) is 2.47. The topological polar surface area (TPSA) is 27.6 Å². The first-order valence-electron chi connectivity index (χ1n) is 8.02. The van der Waals surface area contributed by atoms with Crippen LogP contribution in [0.15, 0.2) is 53.6 Å². The van der Waals surface area contributed by atoms with Crippen LogP contribution < -0.4 is 10.3 Å². The molecule has 1 aliphatic heterocycles. The normalized spacial score (nSPS) is 15.2. The highest BCUT2D eigenvalue weighted by Gasteiger charge is 2.09. The van der Waals surface area contributed by atoms with Crippen molar-refractivity contribution in [3.05, 3.63) is 59.7 Å². The Labute approximate surface area is 132 Å². The third-order valence-electron chi connectivity index (χ3n) is 4.07. The van der Waals surface area contributed by atoms with E-state index in [1.54, 1.807) is 0 Å². The van der Waals surface area contributed by atoms with E-state index in [1.807, 2.05) is 18.3 Å². The van der Waals surface area contributed by atoms with Gasteiger partial charge < -0.3 is 4.90 Å². The minimum absolute atomic E-state index is 1.01. The summed E-state index contributed by atoms with van der Waals surface area (Å²) in [5, 5.41) is 4.30. The van der Waals surface area contributed by atoms with Gasteiger partial charge in [-0.1, -0.05) is 29.8 Å². The molecule has 0 radical (unpaired) electrons. The number of anilines is 2. The number of rotatable bonds is 4. The molecule has 1 fully saturated rings. The predicted molar refractivity (Wildman–Crippen MR) is 94.9 cm³/mol. The molecule has 0 aromatic heterocycles. The molecule has 22 heavy (non-hydrogen) atoms. The molecule has 1 aliphatic rings. The van der Waals surface area contributed by atoms with Crippen molar-refractivity contribution < 1.29 is 0 Å². The molecule has 0 saturated carbocycles. The second-order valence-corrected chi connectivity index (χ2v) is 5.88. The Kier molecular flexibility index (Phi) is 4.74. The number of nitrogens with zero attached hydrogens (tertiary/aromatic N) is 2. The van der Waals surface area contributed by atoms with Crippen LogP contribution in [0.25, 0.3) is 0 Å². The Bertz CT molecular complexity index is 608. The molecule has 0 amide bonds. The van der Waals surface area contributed by atoms with Crippen LogP contribution >= 0.6 is 0 Å². The first-order valence-corrected chi connectivity index (χ1v) is 8.02. The highest BCUT2D eigenvalue weighted by Crippen LogP contribution is 2.19.